The molecule has 1 saturated heterocycles. The van der Waals surface area contributed by atoms with Gasteiger partial charge >= 0.3 is 29.6 Å². The summed E-state index contributed by atoms with van der Waals surface area (Å²) in [7, 11) is 0. The van der Waals surface area contributed by atoms with Crippen LogP contribution in [-0.4, -0.2) is 37.7 Å². The second-order valence-corrected chi connectivity index (χ2v) is 7.70. The first-order valence-electron chi connectivity index (χ1n) is 10.6. The molecule has 0 aromatic carbocycles. The van der Waals surface area contributed by atoms with Gasteiger partial charge in [0.2, 0.25) is 0 Å². The second-order valence-electron chi connectivity index (χ2n) is 7.70. The van der Waals surface area contributed by atoms with Crippen molar-refractivity contribution in [2.45, 2.75) is 109 Å². The third-order valence-corrected chi connectivity index (χ3v) is 4.90. The van der Waals surface area contributed by atoms with Crippen LogP contribution in [0.15, 0.2) is 0 Å². The first-order chi connectivity index (χ1) is 12.6. The van der Waals surface area contributed by atoms with Crippen molar-refractivity contribution in [3.05, 3.63) is 0 Å². The topological polar surface area (TPSA) is 67.8 Å². The van der Waals surface area contributed by atoms with Gasteiger partial charge in [0.15, 0.2) is 5.79 Å². The van der Waals surface area contributed by atoms with Gasteiger partial charge < -0.3 is 24.1 Å². The number of carbonyl (C=O) groups is 1. The maximum atomic E-state index is 10.7. The Morgan fingerprint density at radius 2 is 1.52 bits per heavy atom. The Labute approximate surface area is 188 Å². The molecule has 2 atom stereocenters. The molecule has 6 heteroatoms. The van der Waals surface area contributed by atoms with Crippen LogP contribution in [0.2, 0.25) is 0 Å². The number of carboxylic acids is 1. The van der Waals surface area contributed by atoms with E-state index in [1.54, 1.807) is 6.92 Å². The monoisotopic (exact) mass is 394 g/mol. The van der Waals surface area contributed by atoms with Crippen molar-refractivity contribution < 1.29 is 53.7 Å². The number of unbranched alkanes of at least 4 members (excludes halogenated alkanes) is 11. The average Bonchev–Trinajstić information content (AvgIpc) is 2.95. The van der Waals surface area contributed by atoms with E-state index in [1.165, 1.54) is 70.6 Å². The average molecular weight is 395 g/mol. The summed E-state index contributed by atoms with van der Waals surface area (Å²) in [6, 6.07) is 0. The number of carboxylic acid groups (broad SMARTS) is 1. The third-order valence-electron chi connectivity index (χ3n) is 4.90. The standard InChI is InChI=1S/C21H40O5.Na/c1-3-4-5-6-7-8-9-10-11-12-13-14-15-24-17-19-18-25-21(2,26-19)16-20(22)23;/h19H,3-18H2,1-2H3,(H,22,23);/q;+1/p-1. The van der Waals surface area contributed by atoms with E-state index in [4.69, 9.17) is 14.2 Å². The van der Waals surface area contributed by atoms with Crippen LogP contribution < -0.4 is 34.7 Å². The minimum Gasteiger partial charge on any atom is -0.550 e. The number of rotatable bonds is 17. The van der Waals surface area contributed by atoms with Crippen LogP contribution in [0.3, 0.4) is 0 Å². The maximum absolute atomic E-state index is 10.7. The van der Waals surface area contributed by atoms with Crippen molar-refractivity contribution in [2.24, 2.45) is 0 Å². The van der Waals surface area contributed by atoms with E-state index >= 15 is 0 Å². The molecule has 27 heavy (non-hydrogen) atoms. The molecule has 1 heterocycles. The van der Waals surface area contributed by atoms with E-state index in [0.717, 1.165) is 13.0 Å². The van der Waals surface area contributed by atoms with Gasteiger partial charge in [0, 0.05) is 19.0 Å². The van der Waals surface area contributed by atoms with Gasteiger partial charge in [-0.15, -0.1) is 0 Å². The van der Waals surface area contributed by atoms with Crippen LogP contribution in [0.4, 0.5) is 0 Å². The zero-order chi connectivity index (χ0) is 19.1. The smallest absolute Gasteiger partial charge is 0.550 e. The molecule has 0 radical (unpaired) electrons. The molecule has 0 saturated carbocycles. The summed E-state index contributed by atoms with van der Waals surface area (Å²) in [5.74, 6) is -2.23. The van der Waals surface area contributed by atoms with Crippen LogP contribution in [0.1, 0.15) is 97.3 Å². The molecule has 0 aromatic heterocycles. The van der Waals surface area contributed by atoms with Gasteiger partial charge in [-0.3, -0.25) is 0 Å². The maximum Gasteiger partial charge on any atom is 1.00 e. The van der Waals surface area contributed by atoms with Gasteiger partial charge in [0.25, 0.3) is 0 Å². The third kappa shape index (κ3) is 14.9. The number of hydrogen-bond acceptors (Lipinski definition) is 5. The fourth-order valence-corrected chi connectivity index (χ4v) is 3.39. The van der Waals surface area contributed by atoms with Crippen LogP contribution in [-0.2, 0) is 19.0 Å². The molecule has 1 rings (SSSR count). The fraction of sp³-hybridized carbons (Fsp3) is 0.952. The minimum absolute atomic E-state index is 0. The van der Waals surface area contributed by atoms with Crippen LogP contribution in [0, 0.1) is 0 Å². The summed E-state index contributed by atoms with van der Waals surface area (Å²) in [4.78, 5) is 10.7. The number of carbonyl (C=O) groups excluding carboxylic acids is 1. The first kappa shape index (κ1) is 27.4. The first-order valence-corrected chi connectivity index (χ1v) is 10.6. The second kappa shape index (κ2) is 17.2. The summed E-state index contributed by atoms with van der Waals surface area (Å²) in [5.41, 5.74) is 0. The van der Waals surface area contributed by atoms with Gasteiger partial charge in [-0.1, -0.05) is 77.6 Å². The van der Waals surface area contributed by atoms with Crippen molar-refractivity contribution in [3.63, 3.8) is 0 Å². The quantitative estimate of drug-likeness (QED) is 0.272. The summed E-state index contributed by atoms with van der Waals surface area (Å²) in [5, 5.41) is 10.7. The van der Waals surface area contributed by atoms with Crippen LogP contribution >= 0.6 is 0 Å². The number of aliphatic carboxylic acids is 1. The Hall–Kier alpha value is 0.350. The normalized spacial score (nSPS) is 21.9. The molecular weight excluding hydrogens is 355 g/mol. The Morgan fingerprint density at radius 1 is 1.00 bits per heavy atom. The fourth-order valence-electron chi connectivity index (χ4n) is 3.39. The van der Waals surface area contributed by atoms with Crippen molar-refractivity contribution in [1.82, 2.24) is 0 Å². The summed E-state index contributed by atoms with van der Waals surface area (Å²) in [6.07, 6.45) is 15.5. The van der Waals surface area contributed by atoms with Gasteiger partial charge in [-0.05, 0) is 13.3 Å². The molecule has 1 aliphatic rings. The molecular formula is C21H39NaO5. The molecule has 0 amide bonds. The number of hydrogen-bond donors (Lipinski definition) is 0. The molecule has 1 fully saturated rings. The van der Waals surface area contributed by atoms with E-state index in [0.29, 0.717) is 13.2 Å². The zero-order valence-electron chi connectivity index (χ0n) is 17.9. The molecule has 0 aromatic rings. The summed E-state index contributed by atoms with van der Waals surface area (Å²) < 4.78 is 16.7. The molecule has 0 bridgehead atoms. The summed E-state index contributed by atoms with van der Waals surface area (Å²) in [6.45, 7) is 5.46. The van der Waals surface area contributed by atoms with Crippen LogP contribution in [0.5, 0.6) is 0 Å². The number of ether oxygens (including phenoxy) is 3. The zero-order valence-corrected chi connectivity index (χ0v) is 19.9. The van der Waals surface area contributed by atoms with Gasteiger partial charge in [0.05, 0.1) is 13.2 Å². The van der Waals surface area contributed by atoms with Gasteiger partial charge in [0.1, 0.15) is 6.10 Å². The van der Waals surface area contributed by atoms with E-state index in [9.17, 15) is 9.90 Å². The van der Waals surface area contributed by atoms with E-state index in [1.807, 2.05) is 0 Å². The molecule has 2 unspecified atom stereocenters. The van der Waals surface area contributed by atoms with Gasteiger partial charge in [-0.2, -0.15) is 0 Å². The Kier molecular flexibility index (Phi) is 17.5. The predicted molar refractivity (Wildman–Crippen MR) is 101 cm³/mol. The van der Waals surface area contributed by atoms with E-state index in [-0.39, 0.29) is 42.1 Å². The SMILES string of the molecule is CCCCCCCCCCCCCCOCC1COC(C)(CC(=O)[O-])O1.[Na+]. The minimum atomic E-state index is -1.16. The van der Waals surface area contributed by atoms with Crippen molar-refractivity contribution in [2.75, 3.05) is 19.8 Å². The van der Waals surface area contributed by atoms with E-state index < -0.39 is 11.8 Å². The Bertz CT molecular complexity index is 366. The largest absolute Gasteiger partial charge is 1.00 e. The van der Waals surface area contributed by atoms with E-state index in [2.05, 4.69) is 6.92 Å². The predicted octanol–water partition coefficient (Wildman–Crippen LogP) is 0.980. The molecule has 0 aliphatic carbocycles. The molecule has 1 aliphatic heterocycles. The molecule has 154 valence electrons. The Morgan fingerprint density at radius 3 is 2.04 bits per heavy atom. The van der Waals surface area contributed by atoms with Gasteiger partial charge in [-0.25, -0.2) is 0 Å². The molecule has 0 spiro atoms. The van der Waals surface area contributed by atoms with Crippen molar-refractivity contribution in [1.29, 1.82) is 0 Å². The molecule has 5 nitrogen and oxygen atoms in total. The Balaban J connectivity index is 0.00000676. The van der Waals surface area contributed by atoms with Crippen molar-refractivity contribution >= 4 is 5.97 Å². The van der Waals surface area contributed by atoms with Crippen molar-refractivity contribution in [3.8, 4) is 0 Å². The van der Waals surface area contributed by atoms with Crippen LogP contribution in [0.25, 0.3) is 0 Å². The summed E-state index contributed by atoms with van der Waals surface area (Å²) >= 11 is 0. The molecule has 0 N–H and O–H groups in total.